The van der Waals surface area contributed by atoms with Gasteiger partial charge in [0.2, 0.25) is 0 Å². The van der Waals surface area contributed by atoms with Gasteiger partial charge in [0, 0.05) is 0 Å². The monoisotopic (exact) mass is 512 g/mol. The van der Waals surface area contributed by atoms with E-state index in [1.807, 2.05) is 0 Å². The Labute approximate surface area is 171 Å². The average molecular weight is 513 g/mol. The van der Waals surface area contributed by atoms with Gasteiger partial charge in [-0.1, -0.05) is 0 Å². The van der Waals surface area contributed by atoms with Crippen molar-refractivity contribution in [3.63, 3.8) is 0 Å². The van der Waals surface area contributed by atoms with Crippen molar-refractivity contribution in [2.24, 2.45) is 0 Å². The minimum atomic E-state index is -9.29. The average Bonchev–Trinajstić information content (AvgIpc) is 2.43. The van der Waals surface area contributed by atoms with E-state index in [1.54, 1.807) is 0 Å². The first-order valence-electron chi connectivity index (χ1n) is 8.22. The van der Waals surface area contributed by atoms with Gasteiger partial charge in [0.1, 0.15) is 0 Å². The van der Waals surface area contributed by atoms with E-state index in [9.17, 15) is 39.5 Å². The van der Waals surface area contributed by atoms with Crippen LogP contribution in [0.2, 0.25) is 5.23 Å². The van der Waals surface area contributed by atoms with Gasteiger partial charge in [-0.2, -0.15) is 0 Å². The fraction of sp³-hybridized carbons (Fsp3) is 1.00. The molecule has 0 unspecified atom stereocenters. The van der Waals surface area contributed by atoms with Crippen molar-refractivity contribution < 1.29 is 55.1 Å². The summed E-state index contributed by atoms with van der Waals surface area (Å²) in [6, 6.07) is 0. The van der Waals surface area contributed by atoms with Gasteiger partial charge >= 0.3 is 146 Å². The van der Waals surface area contributed by atoms with Crippen LogP contribution in [0.5, 0.6) is 0 Å². The molecule has 0 saturated carbocycles. The van der Waals surface area contributed by atoms with Gasteiger partial charge in [-0.15, -0.1) is 24.8 Å². The molecule has 0 bridgehead atoms. The van der Waals surface area contributed by atoms with Gasteiger partial charge in [-0.25, -0.2) is 0 Å². The second-order valence-electron chi connectivity index (χ2n) is 6.73. The number of hydrogen-bond donors (Lipinski definition) is 2. The summed E-state index contributed by atoms with van der Waals surface area (Å²) in [4.78, 5) is 0. The molecule has 1 saturated heterocycles. The normalized spacial score (nSPS) is 21.1. The zero-order valence-electron chi connectivity index (χ0n) is 15.0. The summed E-state index contributed by atoms with van der Waals surface area (Å²) in [6.45, 7) is -0.783. The van der Waals surface area contributed by atoms with Crippen LogP contribution in [-0.4, -0.2) is 56.1 Å². The Kier molecular flexibility index (Phi) is 11.8. The van der Waals surface area contributed by atoms with Gasteiger partial charge in [0.05, 0.1) is 0 Å². The molecule has 1 heterocycles. The van der Waals surface area contributed by atoms with Crippen LogP contribution in [0.1, 0.15) is 19.3 Å². The first kappa shape index (κ1) is 30.7. The SMILES string of the molecule is Cl.Cl.[CH3][Ti]([N]1CCCNCCCNCCC1)([C](F)(F)F)([C](F)(F)F)[C](F)(F)F. The molecule has 0 spiro atoms. The Hall–Kier alpha value is 0.544. The fourth-order valence-corrected chi connectivity index (χ4v) is 8.49. The van der Waals surface area contributed by atoms with Crippen LogP contribution >= 0.6 is 24.8 Å². The summed E-state index contributed by atoms with van der Waals surface area (Å²) >= 11 is -9.29. The fourth-order valence-electron chi connectivity index (χ4n) is 3.07. The van der Waals surface area contributed by atoms with Crippen molar-refractivity contribution in [2.75, 3.05) is 39.3 Å². The van der Waals surface area contributed by atoms with E-state index in [-0.39, 0.29) is 54.1 Å². The summed E-state index contributed by atoms with van der Waals surface area (Å²) in [5.74, 6) is 0. The van der Waals surface area contributed by atoms with Crippen LogP contribution in [-0.2, 0) is 15.6 Å². The van der Waals surface area contributed by atoms with Crippen molar-refractivity contribution in [2.45, 2.75) is 37.9 Å². The molecule has 28 heavy (non-hydrogen) atoms. The summed E-state index contributed by atoms with van der Waals surface area (Å²) < 4.78 is 103. The molecule has 0 radical (unpaired) electrons. The first-order valence-corrected chi connectivity index (χ1v) is 12.8. The molecule has 0 aromatic heterocycles. The number of alkyl halides is 9. The third kappa shape index (κ3) is 5.05. The van der Waals surface area contributed by atoms with Crippen molar-refractivity contribution in [3.05, 3.63) is 0 Å². The molecule has 0 atom stereocenters. The Bertz CT molecular complexity index is 421. The van der Waals surface area contributed by atoms with Crippen LogP contribution in [0.4, 0.5) is 39.5 Å². The summed E-state index contributed by atoms with van der Waals surface area (Å²) in [5, 5.41) is 5.04. The van der Waals surface area contributed by atoms with Gasteiger partial charge < -0.3 is 0 Å². The van der Waals surface area contributed by atoms with Crippen LogP contribution in [0.3, 0.4) is 0 Å². The minimum absolute atomic E-state index is 0. The Morgan fingerprint density at radius 1 is 0.607 bits per heavy atom. The van der Waals surface area contributed by atoms with Crippen LogP contribution in [0.15, 0.2) is 0 Å². The second kappa shape index (κ2) is 10.7. The molecule has 2 N–H and O–H groups in total. The van der Waals surface area contributed by atoms with E-state index in [0.717, 1.165) is 0 Å². The zero-order chi connectivity index (χ0) is 20.3. The van der Waals surface area contributed by atoms with Crippen LogP contribution < -0.4 is 10.6 Å². The predicted molar refractivity (Wildman–Crippen MR) is 89.7 cm³/mol. The zero-order valence-corrected chi connectivity index (χ0v) is 18.2. The number of rotatable bonds is 1. The molecule has 1 aliphatic rings. The van der Waals surface area contributed by atoms with Gasteiger partial charge in [0.15, 0.2) is 0 Å². The van der Waals surface area contributed by atoms with E-state index in [0.29, 0.717) is 19.5 Å². The molecule has 0 aliphatic carbocycles. The molecule has 1 rings (SSSR count). The number of halogens is 11. The maximum atomic E-state index is 13.7. The third-order valence-corrected chi connectivity index (χ3v) is 14.8. The molecule has 0 aromatic carbocycles. The summed E-state index contributed by atoms with van der Waals surface area (Å²) in [6.07, 6.45) is 0.236. The van der Waals surface area contributed by atoms with Crippen molar-refractivity contribution in [3.8, 4) is 0 Å². The number of hydrogen-bond acceptors (Lipinski definition) is 3. The van der Waals surface area contributed by atoms with Gasteiger partial charge in [0.25, 0.3) is 0 Å². The standard InChI is InChI=1S/C9H20N3.3CF3.CH3.2ClH.Ti/c1-4-10-6-2-8-12-9-3-7-11-5-1;3*2-1(3)4;;;;/h10-11H,1-9H2;;;;1H3;2*1H;/q-1;;;;;;;+1. The third-order valence-electron chi connectivity index (χ3n) is 5.14. The Balaban J connectivity index is 0. The molecular formula is C13H25Cl2F9N3Ti. The van der Waals surface area contributed by atoms with E-state index >= 15 is 0 Å². The van der Waals surface area contributed by atoms with Crippen molar-refractivity contribution in [1.82, 2.24) is 14.0 Å². The van der Waals surface area contributed by atoms with Gasteiger partial charge in [-0.05, 0) is 0 Å². The van der Waals surface area contributed by atoms with E-state index in [1.165, 1.54) is 0 Å². The second-order valence-corrected chi connectivity index (χ2v) is 15.6. The van der Waals surface area contributed by atoms with Crippen LogP contribution in [0.25, 0.3) is 0 Å². The molecule has 0 aromatic rings. The topological polar surface area (TPSA) is 27.3 Å². The van der Waals surface area contributed by atoms with E-state index in [4.69, 9.17) is 0 Å². The number of nitrogens with one attached hydrogen (secondary N) is 2. The first-order chi connectivity index (χ1) is 11.7. The maximum absolute atomic E-state index is 13.7. The molecule has 1 fully saturated rings. The summed E-state index contributed by atoms with van der Waals surface area (Å²) in [7, 11) is 0. The molecule has 15 heteroatoms. The van der Waals surface area contributed by atoms with E-state index < -0.39 is 47.3 Å². The molecule has 0 amide bonds. The molecule has 3 nitrogen and oxygen atoms in total. The number of nitrogens with zero attached hydrogens (tertiary/aromatic N) is 1. The Morgan fingerprint density at radius 3 is 1.18 bits per heavy atom. The molecule has 173 valence electrons. The van der Waals surface area contributed by atoms with Crippen molar-refractivity contribution >= 4 is 24.8 Å². The quantitative estimate of drug-likeness (QED) is 0.393. The van der Waals surface area contributed by atoms with E-state index in [2.05, 4.69) is 10.6 Å². The van der Waals surface area contributed by atoms with Crippen LogP contribution in [0, 0.1) is 0 Å². The molecular weight excluding hydrogens is 488 g/mol. The predicted octanol–water partition coefficient (Wildman–Crippen LogP) is 4.71. The van der Waals surface area contributed by atoms with Gasteiger partial charge in [-0.3, -0.25) is 0 Å². The van der Waals surface area contributed by atoms with Crippen molar-refractivity contribution in [1.29, 1.82) is 0 Å². The summed E-state index contributed by atoms with van der Waals surface area (Å²) in [5.41, 5.74) is 0. The Morgan fingerprint density at radius 2 is 0.893 bits per heavy atom. The molecule has 1 aliphatic heterocycles.